The Morgan fingerprint density at radius 1 is 1.91 bits per heavy atom. The molecule has 0 saturated carbocycles. The van der Waals surface area contributed by atoms with Gasteiger partial charge in [-0.05, 0) is 0 Å². The number of carbonyl (C=O) groups excluding carboxylic acids is 1. The van der Waals surface area contributed by atoms with Gasteiger partial charge in [-0.15, -0.1) is 0 Å². The van der Waals surface area contributed by atoms with Crippen LogP contribution in [0.15, 0.2) is 10.7 Å². The van der Waals surface area contributed by atoms with E-state index in [-0.39, 0.29) is 5.89 Å². The molecule has 0 aromatic carbocycles. The van der Waals surface area contributed by atoms with Crippen LogP contribution in [-0.4, -0.2) is 18.1 Å². The van der Waals surface area contributed by atoms with Gasteiger partial charge in [0.1, 0.15) is 6.26 Å². The highest BCUT2D eigenvalue weighted by Gasteiger charge is 2.11. The van der Waals surface area contributed by atoms with Crippen LogP contribution in [0.1, 0.15) is 16.4 Å². The largest absolute Gasteiger partial charge is 0.462 e. The summed E-state index contributed by atoms with van der Waals surface area (Å²) in [5.74, 6) is -0.570. The molecule has 0 aliphatic carbocycles. The first-order valence-electron chi connectivity index (χ1n) is 2.86. The zero-order chi connectivity index (χ0) is 8.27. The van der Waals surface area contributed by atoms with E-state index in [1.165, 1.54) is 13.4 Å². The van der Waals surface area contributed by atoms with Crippen LogP contribution in [0.5, 0.6) is 0 Å². The van der Waals surface area contributed by atoms with Gasteiger partial charge in [0.2, 0.25) is 0 Å². The topological polar surface area (TPSA) is 52.3 Å². The summed E-state index contributed by atoms with van der Waals surface area (Å²) in [5, 5.41) is 0.563. The summed E-state index contributed by atoms with van der Waals surface area (Å²) in [5.41, 5.74) is 0.672. The predicted octanol–water partition coefficient (Wildman–Crippen LogP) is 1.36. The summed E-state index contributed by atoms with van der Waals surface area (Å²) in [6, 6.07) is 0. The van der Waals surface area contributed by atoms with Crippen molar-refractivity contribution in [2.75, 3.05) is 7.11 Å². The summed E-state index contributed by atoms with van der Waals surface area (Å²) in [4.78, 5) is 14.6. The molecular formula is C6H6BrNO3. The number of nitrogens with zero attached hydrogens (tertiary/aromatic N) is 1. The molecule has 0 saturated heterocycles. The number of oxazole rings is 1. The predicted molar refractivity (Wildman–Crippen MR) is 40.5 cm³/mol. The fraction of sp³-hybridized carbons (Fsp3) is 0.333. The van der Waals surface area contributed by atoms with Gasteiger partial charge >= 0.3 is 11.9 Å². The van der Waals surface area contributed by atoms with Crippen molar-refractivity contribution in [3.05, 3.63) is 17.8 Å². The Bertz CT molecular complexity index is 258. The lowest BCUT2D eigenvalue weighted by Crippen LogP contribution is -2.01. The van der Waals surface area contributed by atoms with Crippen LogP contribution >= 0.6 is 15.9 Å². The van der Waals surface area contributed by atoms with Crippen LogP contribution in [0.2, 0.25) is 0 Å². The second-order valence-electron chi connectivity index (χ2n) is 1.77. The van der Waals surface area contributed by atoms with Crippen molar-refractivity contribution in [3.8, 4) is 0 Å². The number of aromatic nitrogens is 1. The van der Waals surface area contributed by atoms with Crippen LogP contribution in [0.4, 0.5) is 0 Å². The number of ether oxygens (including phenoxy) is 1. The Morgan fingerprint density at radius 3 is 3.09 bits per heavy atom. The molecule has 0 aliphatic heterocycles. The molecule has 0 atom stereocenters. The molecule has 11 heavy (non-hydrogen) atoms. The van der Waals surface area contributed by atoms with Crippen molar-refractivity contribution in [3.63, 3.8) is 0 Å². The fourth-order valence-electron chi connectivity index (χ4n) is 0.549. The Hall–Kier alpha value is -0.840. The van der Waals surface area contributed by atoms with Crippen molar-refractivity contribution in [2.45, 2.75) is 5.33 Å². The van der Waals surface area contributed by atoms with Crippen molar-refractivity contribution < 1.29 is 13.9 Å². The normalized spacial score (nSPS) is 9.64. The van der Waals surface area contributed by atoms with Crippen LogP contribution in [0, 0.1) is 0 Å². The number of carbonyl (C=O) groups is 1. The van der Waals surface area contributed by atoms with E-state index in [9.17, 15) is 4.79 Å². The fourth-order valence-corrected chi connectivity index (χ4v) is 0.807. The molecule has 0 amide bonds. The number of methoxy groups -OCH3 is 1. The highest BCUT2D eigenvalue weighted by Crippen LogP contribution is 2.06. The van der Waals surface area contributed by atoms with Gasteiger partial charge in [-0.2, -0.15) is 0 Å². The molecule has 0 bridgehead atoms. The average Bonchev–Trinajstić information content (AvgIpc) is 2.50. The Labute approximate surface area is 71.7 Å². The lowest BCUT2D eigenvalue weighted by atomic mass is 10.6. The van der Waals surface area contributed by atoms with Gasteiger partial charge in [0.15, 0.2) is 0 Å². The highest BCUT2D eigenvalue weighted by atomic mass is 79.9. The molecule has 0 N–H and O–H groups in total. The molecule has 60 valence electrons. The van der Waals surface area contributed by atoms with E-state index in [0.717, 1.165) is 0 Å². The third kappa shape index (κ3) is 1.80. The molecule has 4 nitrogen and oxygen atoms in total. The zero-order valence-electron chi connectivity index (χ0n) is 5.83. The summed E-state index contributed by atoms with van der Waals surface area (Å²) < 4.78 is 9.18. The SMILES string of the molecule is COC(=O)c1nc(CBr)co1. The van der Waals surface area contributed by atoms with E-state index >= 15 is 0 Å². The maximum Gasteiger partial charge on any atom is 0.394 e. The molecular weight excluding hydrogens is 214 g/mol. The lowest BCUT2D eigenvalue weighted by Gasteiger charge is -1.88. The van der Waals surface area contributed by atoms with E-state index in [4.69, 9.17) is 4.42 Å². The summed E-state index contributed by atoms with van der Waals surface area (Å²) in [6.45, 7) is 0. The van der Waals surface area contributed by atoms with Crippen molar-refractivity contribution in [1.82, 2.24) is 4.98 Å². The van der Waals surface area contributed by atoms with E-state index < -0.39 is 5.97 Å². The number of hydrogen-bond acceptors (Lipinski definition) is 4. The quantitative estimate of drug-likeness (QED) is 0.557. The number of rotatable bonds is 2. The van der Waals surface area contributed by atoms with E-state index in [1.807, 2.05) is 0 Å². The van der Waals surface area contributed by atoms with Crippen molar-refractivity contribution in [2.24, 2.45) is 0 Å². The zero-order valence-corrected chi connectivity index (χ0v) is 7.42. The first kappa shape index (κ1) is 8.26. The minimum absolute atomic E-state index is 0.0121. The molecule has 0 spiro atoms. The maximum atomic E-state index is 10.7. The Kier molecular flexibility index (Phi) is 2.64. The molecule has 0 radical (unpaired) electrons. The highest BCUT2D eigenvalue weighted by molar-refractivity contribution is 9.08. The van der Waals surface area contributed by atoms with Crippen molar-refractivity contribution in [1.29, 1.82) is 0 Å². The minimum atomic E-state index is -0.558. The Morgan fingerprint density at radius 2 is 2.64 bits per heavy atom. The van der Waals surface area contributed by atoms with Gasteiger partial charge in [-0.3, -0.25) is 0 Å². The summed E-state index contributed by atoms with van der Waals surface area (Å²) >= 11 is 3.17. The average molecular weight is 220 g/mol. The second kappa shape index (κ2) is 3.52. The van der Waals surface area contributed by atoms with Crippen LogP contribution in [-0.2, 0) is 10.1 Å². The minimum Gasteiger partial charge on any atom is -0.462 e. The molecule has 1 rings (SSSR count). The molecule has 0 aliphatic rings. The lowest BCUT2D eigenvalue weighted by molar-refractivity contribution is 0.0556. The number of alkyl halides is 1. The van der Waals surface area contributed by atoms with Crippen LogP contribution < -0.4 is 0 Å². The maximum absolute atomic E-state index is 10.7. The van der Waals surface area contributed by atoms with Gasteiger partial charge in [0.25, 0.3) is 0 Å². The first-order chi connectivity index (χ1) is 5.27. The van der Waals surface area contributed by atoms with E-state index in [2.05, 4.69) is 25.7 Å². The second-order valence-corrected chi connectivity index (χ2v) is 2.33. The summed E-state index contributed by atoms with van der Waals surface area (Å²) in [6.07, 6.45) is 1.40. The van der Waals surface area contributed by atoms with Crippen molar-refractivity contribution >= 4 is 21.9 Å². The molecule has 1 aromatic rings. The molecule has 1 aromatic heterocycles. The van der Waals surface area contributed by atoms with Crippen LogP contribution in [0.3, 0.4) is 0 Å². The molecule has 5 heteroatoms. The van der Waals surface area contributed by atoms with Crippen LogP contribution in [0.25, 0.3) is 0 Å². The molecule has 1 heterocycles. The van der Waals surface area contributed by atoms with Gasteiger partial charge in [-0.25, -0.2) is 9.78 Å². The van der Waals surface area contributed by atoms with Gasteiger partial charge in [0, 0.05) is 5.33 Å². The smallest absolute Gasteiger partial charge is 0.394 e. The molecule has 0 unspecified atom stereocenters. The third-order valence-electron chi connectivity index (χ3n) is 1.05. The molecule has 0 fully saturated rings. The number of halogens is 1. The van der Waals surface area contributed by atoms with Gasteiger partial charge in [-0.1, -0.05) is 15.9 Å². The monoisotopic (exact) mass is 219 g/mol. The van der Waals surface area contributed by atoms with E-state index in [1.54, 1.807) is 0 Å². The third-order valence-corrected chi connectivity index (χ3v) is 1.62. The standard InChI is InChI=1S/C6H6BrNO3/c1-10-6(9)5-8-4(2-7)3-11-5/h3H,2H2,1H3. The first-order valence-corrected chi connectivity index (χ1v) is 3.98. The summed E-state index contributed by atoms with van der Waals surface area (Å²) in [7, 11) is 1.28. The van der Waals surface area contributed by atoms with Gasteiger partial charge in [0.05, 0.1) is 12.8 Å². The number of esters is 1. The van der Waals surface area contributed by atoms with Gasteiger partial charge < -0.3 is 9.15 Å². The van der Waals surface area contributed by atoms with E-state index in [0.29, 0.717) is 11.0 Å². The number of hydrogen-bond donors (Lipinski definition) is 0. The Balaban J connectivity index is 2.80.